The Morgan fingerprint density at radius 1 is 1.08 bits per heavy atom. The number of aromatic nitrogens is 1. The summed E-state index contributed by atoms with van der Waals surface area (Å²) in [5, 5.41) is 3.84. The van der Waals surface area contributed by atoms with Crippen LogP contribution in [-0.4, -0.2) is 27.8 Å². The fourth-order valence-corrected chi connectivity index (χ4v) is 4.60. The van der Waals surface area contributed by atoms with Crippen LogP contribution in [0.1, 0.15) is 67.1 Å². The minimum absolute atomic E-state index is 0.00260. The molecule has 1 aliphatic carbocycles. The van der Waals surface area contributed by atoms with Gasteiger partial charge in [-0.15, -0.1) is 0 Å². The first-order valence-electron chi connectivity index (χ1n) is 12.5. The first-order chi connectivity index (χ1) is 17.4. The van der Waals surface area contributed by atoms with Crippen LogP contribution in [0, 0.1) is 5.82 Å². The summed E-state index contributed by atoms with van der Waals surface area (Å²) in [7, 11) is 0. The Bertz CT molecular complexity index is 1330. The zero-order chi connectivity index (χ0) is 25.7. The molecule has 1 N–H and O–H groups in total. The van der Waals surface area contributed by atoms with Crippen molar-refractivity contribution in [1.82, 2.24) is 14.8 Å². The number of likely N-dealkylation sites (tertiary alicyclic amines) is 1. The van der Waals surface area contributed by atoms with E-state index in [0.717, 1.165) is 6.42 Å². The van der Waals surface area contributed by atoms with Crippen LogP contribution in [0.5, 0.6) is 0 Å². The fourth-order valence-electron chi connectivity index (χ4n) is 4.35. The average Bonchev–Trinajstić information content (AvgIpc) is 3.69. The van der Waals surface area contributed by atoms with E-state index in [1.807, 2.05) is 6.92 Å². The number of rotatable bonds is 7. The Labute approximate surface area is 215 Å². The number of hydrogen-bond acceptors (Lipinski definition) is 3. The van der Waals surface area contributed by atoms with E-state index in [0.29, 0.717) is 48.1 Å². The van der Waals surface area contributed by atoms with Crippen LogP contribution in [0.15, 0.2) is 47.3 Å². The van der Waals surface area contributed by atoms with Gasteiger partial charge >= 0.3 is 0 Å². The molecule has 2 aliphatic rings. The number of carbonyl (C=O) groups excluding carboxylic acids is 2. The molecule has 1 saturated heterocycles. The van der Waals surface area contributed by atoms with Gasteiger partial charge in [-0.05, 0) is 36.6 Å². The molecule has 0 atom stereocenters. The third-order valence-corrected chi connectivity index (χ3v) is 6.55. The van der Waals surface area contributed by atoms with Crippen molar-refractivity contribution in [2.75, 3.05) is 6.54 Å². The summed E-state index contributed by atoms with van der Waals surface area (Å²) < 4.78 is 15.1. The van der Waals surface area contributed by atoms with E-state index in [9.17, 15) is 18.8 Å². The van der Waals surface area contributed by atoms with Gasteiger partial charge in [-0.3, -0.25) is 14.4 Å². The molecule has 0 spiro atoms. The number of amides is 2. The molecule has 2 aromatic carbocycles. The first kappa shape index (κ1) is 25.9. The van der Waals surface area contributed by atoms with Crippen LogP contribution in [0.25, 0.3) is 10.8 Å². The van der Waals surface area contributed by atoms with Crippen LogP contribution >= 0.6 is 11.6 Å². The van der Waals surface area contributed by atoms with Crippen molar-refractivity contribution < 1.29 is 14.0 Å². The first-order valence-corrected chi connectivity index (χ1v) is 12.9. The Hall–Kier alpha value is -3.19. The molecule has 0 bridgehead atoms. The number of halogens is 2. The van der Waals surface area contributed by atoms with Crippen molar-refractivity contribution in [3.8, 4) is 0 Å². The highest BCUT2D eigenvalue weighted by Crippen LogP contribution is 2.28. The maximum Gasteiger partial charge on any atom is 0.260 e. The molecule has 1 aromatic heterocycles. The SMILES string of the molecule is C1CC1.CCCn1c(CN2CCCC2=O)c(C(=O)NCc2cccc(F)c2)c2cccc(Cl)c2c1=O. The van der Waals surface area contributed by atoms with Gasteiger partial charge in [-0.2, -0.15) is 0 Å². The van der Waals surface area contributed by atoms with E-state index < -0.39 is 5.91 Å². The van der Waals surface area contributed by atoms with Gasteiger partial charge < -0.3 is 14.8 Å². The fraction of sp³-hybridized carbons (Fsp3) is 0.393. The number of hydrogen-bond donors (Lipinski definition) is 1. The smallest absolute Gasteiger partial charge is 0.260 e. The molecule has 6 nitrogen and oxygen atoms in total. The molecule has 0 radical (unpaired) electrons. The van der Waals surface area contributed by atoms with Crippen LogP contribution in [0.3, 0.4) is 0 Å². The third kappa shape index (κ3) is 5.95. The topological polar surface area (TPSA) is 71.4 Å². The van der Waals surface area contributed by atoms with Crippen LogP contribution in [0.2, 0.25) is 5.02 Å². The summed E-state index contributed by atoms with van der Waals surface area (Å²) in [4.78, 5) is 41.0. The highest BCUT2D eigenvalue weighted by atomic mass is 35.5. The molecule has 36 heavy (non-hydrogen) atoms. The van der Waals surface area contributed by atoms with Gasteiger partial charge in [-0.25, -0.2) is 4.39 Å². The predicted octanol–water partition coefficient (Wildman–Crippen LogP) is 5.43. The molecule has 0 unspecified atom stereocenters. The number of pyridine rings is 1. The maximum absolute atomic E-state index is 13.6. The lowest BCUT2D eigenvalue weighted by Gasteiger charge is -2.23. The summed E-state index contributed by atoms with van der Waals surface area (Å²) in [6.07, 6.45) is 6.37. The zero-order valence-corrected chi connectivity index (χ0v) is 21.2. The van der Waals surface area contributed by atoms with Crippen molar-refractivity contribution in [1.29, 1.82) is 0 Å². The van der Waals surface area contributed by atoms with E-state index in [1.165, 1.54) is 31.4 Å². The van der Waals surface area contributed by atoms with Gasteiger partial charge in [0.15, 0.2) is 0 Å². The minimum Gasteiger partial charge on any atom is -0.348 e. The van der Waals surface area contributed by atoms with Crippen molar-refractivity contribution >= 4 is 34.2 Å². The number of nitrogens with zero attached hydrogens (tertiary/aromatic N) is 2. The molecule has 1 aliphatic heterocycles. The number of carbonyl (C=O) groups is 2. The van der Waals surface area contributed by atoms with Crippen molar-refractivity contribution in [3.63, 3.8) is 0 Å². The van der Waals surface area contributed by atoms with E-state index >= 15 is 0 Å². The Balaban J connectivity index is 0.000000943. The predicted molar refractivity (Wildman–Crippen MR) is 140 cm³/mol. The monoisotopic (exact) mass is 511 g/mol. The molecule has 3 aromatic rings. The second-order valence-electron chi connectivity index (χ2n) is 9.23. The number of benzene rings is 2. The van der Waals surface area contributed by atoms with Gasteiger partial charge in [0.25, 0.3) is 11.5 Å². The quantitative estimate of drug-likeness (QED) is 0.460. The lowest BCUT2D eigenvalue weighted by molar-refractivity contribution is -0.128. The van der Waals surface area contributed by atoms with E-state index in [4.69, 9.17) is 11.6 Å². The molecule has 2 fully saturated rings. The summed E-state index contributed by atoms with van der Waals surface area (Å²) in [6.45, 7) is 3.20. The van der Waals surface area contributed by atoms with Crippen LogP contribution < -0.4 is 10.9 Å². The van der Waals surface area contributed by atoms with E-state index in [1.54, 1.807) is 39.8 Å². The number of nitrogens with one attached hydrogen (secondary N) is 1. The molecule has 2 heterocycles. The Morgan fingerprint density at radius 2 is 1.83 bits per heavy atom. The Morgan fingerprint density at radius 3 is 2.47 bits per heavy atom. The maximum atomic E-state index is 13.6. The zero-order valence-electron chi connectivity index (χ0n) is 20.5. The van der Waals surface area contributed by atoms with Gasteiger partial charge in [0.2, 0.25) is 5.91 Å². The Kier molecular flexibility index (Phi) is 8.41. The molecule has 1 saturated carbocycles. The second-order valence-corrected chi connectivity index (χ2v) is 9.64. The van der Waals surface area contributed by atoms with Gasteiger partial charge in [0.1, 0.15) is 5.82 Å². The summed E-state index contributed by atoms with van der Waals surface area (Å²) in [5.74, 6) is -0.787. The second kappa shape index (κ2) is 11.7. The molecular weight excluding hydrogens is 481 g/mol. The van der Waals surface area contributed by atoms with Gasteiger partial charge in [0.05, 0.1) is 28.2 Å². The lowest BCUT2D eigenvalue weighted by Crippen LogP contribution is -2.35. The van der Waals surface area contributed by atoms with Gasteiger partial charge in [-0.1, -0.05) is 62.1 Å². The standard InChI is InChI=1S/C25H25ClFN3O3.C3H6/c1-2-11-30-20(15-29-12-5-10-21(29)31)23(18-8-4-9-19(26)22(18)25(30)33)24(32)28-14-16-6-3-7-17(27)13-16;1-2-3-1/h3-4,6-9,13H,2,5,10-12,14-15H2,1H3,(H,28,32);1-3H2. The van der Waals surface area contributed by atoms with Crippen LogP contribution in [-0.2, 0) is 24.4 Å². The van der Waals surface area contributed by atoms with E-state index in [2.05, 4.69) is 5.32 Å². The normalized spacial score (nSPS) is 14.5. The summed E-state index contributed by atoms with van der Waals surface area (Å²) in [6, 6.07) is 11.0. The summed E-state index contributed by atoms with van der Waals surface area (Å²) >= 11 is 6.40. The van der Waals surface area contributed by atoms with Gasteiger partial charge in [0, 0.05) is 31.4 Å². The van der Waals surface area contributed by atoms with Crippen LogP contribution in [0.4, 0.5) is 4.39 Å². The number of fused-ring (bicyclic) bond motifs is 1. The molecule has 2 amide bonds. The average molecular weight is 512 g/mol. The third-order valence-electron chi connectivity index (χ3n) is 6.24. The largest absolute Gasteiger partial charge is 0.348 e. The molecule has 190 valence electrons. The molecule has 8 heteroatoms. The van der Waals surface area contributed by atoms with E-state index in [-0.39, 0.29) is 40.8 Å². The molecular formula is C28H31ClFN3O3. The highest BCUT2D eigenvalue weighted by Gasteiger charge is 2.27. The van der Waals surface area contributed by atoms with Crippen molar-refractivity contribution in [3.05, 3.63) is 80.5 Å². The van der Waals surface area contributed by atoms with Crippen molar-refractivity contribution in [2.45, 2.75) is 65.1 Å². The molecule has 5 rings (SSSR count). The minimum atomic E-state index is -0.405. The lowest BCUT2D eigenvalue weighted by atomic mass is 10.0. The summed E-state index contributed by atoms with van der Waals surface area (Å²) in [5.41, 5.74) is 1.14. The highest BCUT2D eigenvalue weighted by molar-refractivity contribution is 6.36. The van der Waals surface area contributed by atoms with Crippen molar-refractivity contribution in [2.24, 2.45) is 0 Å².